The van der Waals surface area contributed by atoms with Crippen LogP contribution < -0.4 is 5.32 Å². The topological polar surface area (TPSA) is 55.4 Å². The fourth-order valence-electron chi connectivity index (χ4n) is 0.649. The summed E-state index contributed by atoms with van der Waals surface area (Å²) in [7, 11) is 0. The molecule has 1 N–H and O–H groups in total. The van der Waals surface area contributed by atoms with Gasteiger partial charge in [0.15, 0.2) is 0 Å². The molecule has 4 nitrogen and oxygen atoms in total. The van der Waals surface area contributed by atoms with E-state index in [4.69, 9.17) is 11.6 Å². The minimum absolute atomic E-state index is 0.0262. The average Bonchev–Trinajstić information content (AvgIpc) is 2.00. The van der Waals surface area contributed by atoms with E-state index >= 15 is 0 Å². The first-order valence-electron chi connectivity index (χ1n) is 3.61. The summed E-state index contributed by atoms with van der Waals surface area (Å²) in [5.41, 5.74) is 0. The van der Waals surface area contributed by atoms with E-state index in [0.29, 0.717) is 0 Å². The fraction of sp³-hybridized carbons (Fsp3) is 0.714. The molecule has 0 radical (unpaired) electrons. The van der Waals surface area contributed by atoms with E-state index in [1.54, 1.807) is 6.92 Å². The van der Waals surface area contributed by atoms with E-state index in [-0.39, 0.29) is 18.4 Å². The molecule has 12 heavy (non-hydrogen) atoms. The van der Waals surface area contributed by atoms with Crippen LogP contribution in [0.4, 0.5) is 0 Å². The molecule has 0 saturated carbocycles. The molecule has 0 aliphatic carbocycles. The van der Waals surface area contributed by atoms with Crippen LogP contribution in [0.25, 0.3) is 0 Å². The molecule has 0 aliphatic rings. The van der Waals surface area contributed by atoms with Gasteiger partial charge in [-0.15, -0.1) is 11.6 Å². The zero-order chi connectivity index (χ0) is 9.56. The van der Waals surface area contributed by atoms with Gasteiger partial charge < -0.3 is 10.1 Å². The van der Waals surface area contributed by atoms with Gasteiger partial charge in [0.2, 0.25) is 5.91 Å². The molecule has 0 saturated heterocycles. The Balaban J connectivity index is 3.96. The number of halogens is 1. The number of carbonyl (C=O) groups is 2. The van der Waals surface area contributed by atoms with Crippen molar-refractivity contribution in [2.45, 2.75) is 19.9 Å². The summed E-state index contributed by atoms with van der Waals surface area (Å²) in [5.74, 6) is -0.769. The Kier molecular flexibility index (Phi) is 5.45. The van der Waals surface area contributed by atoms with Crippen molar-refractivity contribution < 1.29 is 14.3 Å². The number of ether oxygens (including phenoxy) is 1. The van der Waals surface area contributed by atoms with Gasteiger partial charge in [-0.3, -0.25) is 4.79 Å². The van der Waals surface area contributed by atoms with E-state index in [0.717, 1.165) is 0 Å². The molecule has 70 valence electrons. The van der Waals surface area contributed by atoms with E-state index in [1.165, 1.54) is 6.92 Å². The standard InChI is InChI=1S/C7H12ClNO3/c1-3-12-7(11)6(4-8)9-5(2)10/h6H,3-4H2,1-2H3,(H,9,10)/t6-/m0/s1. The van der Waals surface area contributed by atoms with Crippen LogP contribution in [0.5, 0.6) is 0 Å². The van der Waals surface area contributed by atoms with Gasteiger partial charge in [-0.2, -0.15) is 0 Å². The van der Waals surface area contributed by atoms with Crippen molar-refractivity contribution in [3.8, 4) is 0 Å². The van der Waals surface area contributed by atoms with E-state index in [2.05, 4.69) is 10.1 Å². The summed E-state index contributed by atoms with van der Waals surface area (Å²) < 4.78 is 4.66. The highest BCUT2D eigenvalue weighted by atomic mass is 35.5. The lowest BCUT2D eigenvalue weighted by molar-refractivity contribution is -0.146. The number of amides is 1. The summed E-state index contributed by atoms with van der Waals surface area (Å²) in [6.45, 7) is 3.29. The lowest BCUT2D eigenvalue weighted by atomic mass is 10.3. The number of nitrogens with one attached hydrogen (secondary N) is 1. The second-order valence-electron chi connectivity index (χ2n) is 2.16. The summed E-state index contributed by atoms with van der Waals surface area (Å²) in [4.78, 5) is 21.5. The zero-order valence-corrected chi connectivity index (χ0v) is 7.85. The van der Waals surface area contributed by atoms with Crippen molar-refractivity contribution in [2.24, 2.45) is 0 Å². The first-order valence-corrected chi connectivity index (χ1v) is 4.15. The van der Waals surface area contributed by atoms with E-state index in [1.807, 2.05) is 0 Å². The minimum atomic E-state index is -0.732. The van der Waals surface area contributed by atoms with Crippen molar-refractivity contribution in [3.63, 3.8) is 0 Å². The van der Waals surface area contributed by atoms with Crippen LogP contribution in [0.2, 0.25) is 0 Å². The van der Waals surface area contributed by atoms with Crippen LogP contribution in [0.1, 0.15) is 13.8 Å². The molecule has 0 heterocycles. The second-order valence-corrected chi connectivity index (χ2v) is 2.47. The summed E-state index contributed by atoms with van der Waals surface area (Å²) in [6.07, 6.45) is 0. The van der Waals surface area contributed by atoms with Crippen molar-refractivity contribution in [3.05, 3.63) is 0 Å². The number of hydrogen-bond donors (Lipinski definition) is 1. The third-order valence-corrected chi connectivity index (χ3v) is 1.41. The van der Waals surface area contributed by atoms with Gasteiger partial charge in [0, 0.05) is 6.92 Å². The molecule has 0 rings (SSSR count). The Morgan fingerprint density at radius 2 is 2.17 bits per heavy atom. The summed E-state index contributed by atoms with van der Waals surface area (Å²) in [5, 5.41) is 2.37. The van der Waals surface area contributed by atoms with Crippen LogP contribution in [0.3, 0.4) is 0 Å². The first kappa shape index (κ1) is 11.2. The number of carbonyl (C=O) groups excluding carboxylic acids is 2. The lowest BCUT2D eigenvalue weighted by Crippen LogP contribution is -2.42. The SMILES string of the molecule is CCOC(=O)[C@H](CCl)NC(C)=O. The van der Waals surface area contributed by atoms with Crippen LogP contribution in [0.15, 0.2) is 0 Å². The van der Waals surface area contributed by atoms with Gasteiger partial charge in [-0.25, -0.2) is 4.79 Å². The van der Waals surface area contributed by atoms with Gasteiger partial charge >= 0.3 is 5.97 Å². The Morgan fingerprint density at radius 3 is 2.50 bits per heavy atom. The normalized spacial score (nSPS) is 11.9. The Morgan fingerprint density at radius 1 is 1.58 bits per heavy atom. The average molecular weight is 194 g/mol. The molecule has 0 aromatic rings. The maximum atomic E-state index is 11.0. The van der Waals surface area contributed by atoms with Gasteiger partial charge in [-0.05, 0) is 6.92 Å². The molecule has 0 spiro atoms. The molecule has 1 amide bonds. The molecule has 0 bridgehead atoms. The van der Waals surface area contributed by atoms with Crippen LogP contribution in [0, 0.1) is 0 Å². The molecule has 0 aromatic carbocycles. The van der Waals surface area contributed by atoms with Gasteiger partial charge in [-0.1, -0.05) is 0 Å². The minimum Gasteiger partial charge on any atom is -0.464 e. The number of esters is 1. The predicted octanol–water partition coefficient (Wildman–Crippen LogP) is 0.293. The van der Waals surface area contributed by atoms with Crippen LogP contribution >= 0.6 is 11.6 Å². The van der Waals surface area contributed by atoms with Gasteiger partial charge in [0.1, 0.15) is 6.04 Å². The third-order valence-electron chi connectivity index (χ3n) is 1.10. The summed E-state index contributed by atoms with van der Waals surface area (Å²) in [6, 6.07) is -0.732. The van der Waals surface area contributed by atoms with E-state index < -0.39 is 12.0 Å². The maximum absolute atomic E-state index is 11.0. The van der Waals surface area contributed by atoms with Crippen molar-refractivity contribution >= 4 is 23.5 Å². The summed E-state index contributed by atoms with van der Waals surface area (Å²) >= 11 is 5.43. The monoisotopic (exact) mass is 193 g/mol. The molecular weight excluding hydrogens is 182 g/mol. The molecule has 5 heteroatoms. The molecule has 1 atom stereocenters. The molecule has 0 aromatic heterocycles. The smallest absolute Gasteiger partial charge is 0.329 e. The molecule has 0 fully saturated rings. The molecule has 0 unspecified atom stereocenters. The Bertz CT molecular complexity index is 172. The Hall–Kier alpha value is -0.770. The number of hydrogen-bond acceptors (Lipinski definition) is 3. The largest absolute Gasteiger partial charge is 0.464 e. The van der Waals surface area contributed by atoms with Crippen LogP contribution in [-0.4, -0.2) is 30.4 Å². The zero-order valence-electron chi connectivity index (χ0n) is 7.09. The predicted molar refractivity (Wildman–Crippen MR) is 45.0 cm³/mol. The second kappa shape index (κ2) is 5.83. The highest BCUT2D eigenvalue weighted by molar-refractivity contribution is 6.19. The third kappa shape index (κ3) is 4.18. The highest BCUT2D eigenvalue weighted by Crippen LogP contribution is 1.92. The fourth-order valence-corrected chi connectivity index (χ4v) is 0.852. The van der Waals surface area contributed by atoms with Crippen LogP contribution in [-0.2, 0) is 14.3 Å². The Labute approximate surface area is 76.2 Å². The van der Waals surface area contributed by atoms with E-state index in [9.17, 15) is 9.59 Å². The number of alkyl halides is 1. The first-order chi connectivity index (χ1) is 5.61. The molecular formula is C7H12ClNO3. The van der Waals surface area contributed by atoms with Crippen molar-refractivity contribution in [1.29, 1.82) is 0 Å². The lowest BCUT2D eigenvalue weighted by Gasteiger charge is -2.12. The van der Waals surface area contributed by atoms with Gasteiger partial charge in [0.25, 0.3) is 0 Å². The van der Waals surface area contributed by atoms with Crippen molar-refractivity contribution in [2.75, 3.05) is 12.5 Å². The quantitative estimate of drug-likeness (QED) is 0.516. The maximum Gasteiger partial charge on any atom is 0.329 e. The number of rotatable bonds is 4. The van der Waals surface area contributed by atoms with Gasteiger partial charge in [0.05, 0.1) is 12.5 Å². The molecule has 0 aliphatic heterocycles. The highest BCUT2D eigenvalue weighted by Gasteiger charge is 2.18. The van der Waals surface area contributed by atoms with Crippen molar-refractivity contribution in [1.82, 2.24) is 5.32 Å².